The molecule has 144 valence electrons. The number of carbonyl (C=O) groups is 1. The van der Waals surface area contributed by atoms with Crippen molar-refractivity contribution in [1.82, 2.24) is 9.88 Å². The molecule has 0 bridgehead atoms. The molecule has 0 radical (unpaired) electrons. The van der Waals surface area contributed by atoms with Gasteiger partial charge in [0.2, 0.25) is 0 Å². The van der Waals surface area contributed by atoms with Crippen molar-refractivity contribution in [2.75, 3.05) is 26.3 Å². The molecule has 4 rings (SSSR count). The summed E-state index contributed by atoms with van der Waals surface area (Å²) >= 11 is 0. The third-order valence-corrected chi connectivity index (χ3v) is 5.00. The zero-order chi connectivity index (χ0) is 19.3. The predicted molar refractivity (Wildman–Crippen MR) is 111 cm³/mol. The van der Waals surface area contributed by atoms with Crippen LogP contribution in [0.1, 0.15) is 18.9 Å². The van der Waals surface area contributed by atoms with Crippen molar-refractivity contribution in [3.63, 3.8) is 0 Å². The first-order valence-corrected chi connectivity index (χ1v) is 9.64. The van der Waals surface area contributed by atoms with Crippen LogP contribution in [0, 0.1) is 0 Å². The Hall–Kier alpha value is -3.21. The fourth-order valence-electron chi connectivity index (χ4n) is 3.55. The number of fused-ring (bicyclic) bond motifs is 1. The topological polar surface area (TPSA) is 54.6 Å². The van der Waals surface area contributed by atoms with E-state index in [0.29, 0.717) is 31.2 Å². The number of rotatable bonds is 6. The molecule has 3 aromatic rings. The van der Waals surface area contributed by atoms with E-state index in [4.69, 9.17) is 9.47 Å². The lowest BCUT2D eigenvalue weighted by Crippen LogP contribution is -2.37. The lowest BCUT2D eigenvalue weighted by atomic mass is 9.99. The number of para-hydroxylation sites is 3. The molecule has 0 saturated heterocycles. The average molecular weight is 376 g/mol. The van der Waals surface area contributed by atoms with Crippen molar-refractivity contribution in [3.05, 3.63) is 66.4 Å². The Morgan fingerprint density at radius 3 is 2.57 bits per heavy atom. The van der Waals surface area contributed by atoms with E-state index in [9.17, 15) is 4.79 Å². The summed E-state index contributed by atoms with van der Waals surface area (Å²) < 4.78 is 11.3. The Bertz CT molecular complexity index is 1010. The van der Waals surface area contributed by atoms with Crippen LogP contribution in [0.2, 0.25) is 0 Å². The molecule has 28 heavy (non-hydrogen) atoms. The summed E-state index contributed by atoms with van der Waals surface area (Å²) in [5.41, 5.74) is 3.65. The number of benzene rings is 2. The largest absolute Gasteiger partial charge is 0.490 e. The Morgan fingerprint density at radius 1 is 1.07 bits per heavy atom. The first kappa shape index (κ1) is 18.2. The standard InChI is InChI=1S/C23H24N2O3/c1-2-27-21-9-5-6-10-22(21)28-16-23(26)25-13-11-17(12-14-25)19-15-24-20-8-4-3-7-18(19)20/h3-11,15,24H,2,12-14,16H2,1H3. The maximum absolute atomic E-state index is 12.6. The van der Waals surface area contributed by atoms with Gasteiger partial charge >= 0.3 is 0 Å². The lowest BCUT2D eigenvalue weighted by molar-refractivity contribution is -0.132. The molecule has 0 aliphatic carbocycles. The van der Waals surface area contributed by atoms with Crippen LogP contribution in [-0.2, 0) is 4.79 Å². The highest BCUT2D eigenvalue weighted by atomic mass is 16.5. The number of carbonyl (C=O) groups excluding carboxylic acids is 1. The fraction of sp³-hybridized carbons (Fsp3) is 0.261. The second-order valence-electron chi connectivity index (χ2n) is 6.74. The van der Waals surface area contributed by atoms with Gasteiger partial charge in [0, 0.05) is 35.8 Å². The first-order chi connectivity index (χ1) is 13.8. The third kappa shape index (κ3) is 3.74. The van der Waals surface area contributed by atoms with Gasteiger partial charge in [-0.05, 0) is 37.1 Å². The highest BCUT2D eigenvalue weighted by Gasteiger charge is 2.20. The number of amides is 1. The van der Waals surface area contributed by atoms with Crippen LogP contribution in [-0.4, -0.2) is 42.1 Å². The zero-order valence-corrected chi connectivity index (χ0v) is 16.0. The van der Waals surface area contributed by atoms with Gasteiger partial charge in [-0.2, -0.15) is 0 Å². The van der Waals surface area contributed by atoms with Gasteiger partial charge in [-0.1, -0.05) is 36.4 Å². The van der Waals surface area contributed by atoms with E-state index < -0.39 is 0 Å². The number of aromatic amines is 1. The minimum Gasteiger partial charge on any atom is -0.490 e. The summed E-state index contributed by atoms with van der Waals surface area (Å²) in [4.78, 5) is 17.7. The van der Waals surface area contributed by atoms with E-state index >= 15 is 0 Å². The van der Waals surface area contributed by atoms with Crippen molar-refractivity contribution in [2.24, 2.45) is 0 Å². The smallest absolute Gasteiger partial charge is 0.260 e. The van der Waals surface area contributed by atoms with E-state index in [2.05, 4.69) is 35.5 Å². The monoisotopic (exact) mass is 376 g/mol. The molecule has 1 N–H and O–H groups in total. The van der Waals surface area contributed by atoms with E-state index in [1.165, 1.54) is 16.5 Å². The van der Waals surface area contributed by atoms with Crippen LogP contribution < -0.4 is 9.47 Å². The molecule has 1 aliphatic heterocycles. The maximum atomic E-state index is 12.6. The van der Waals surface area contributed by atoms with Gasteiger partial charge in [0.1, 0.15) is 0 Å². The van der Waals surface area contributed by atoms with Crippen molar-refractivity contribution in [3.8, 4) is 11.5 Å². The Kier molecular flexibility index (Phi) is 5.33. The summed E-state index contributed by atoms with van der Waals surface area (Å²) in [5.74, 6) is 1.25. The van der Waals surface area contributed by atoms with E-state index in [0.717, 1.165) is 11.9 Å². The first-order valence-electron chi connectivity index (χ1n) is 9.64. The van der Waals surface area contributed by atoms with E-state index in [1.807, 2.05) is 42.2 Å². The lowest BCUT2D eigenvalue weighted by Gasteiger charge is -2.26. The van der Waals surface area contributed by atoms with Crippen molar-refractivity contribution >= 4 is 22.4 Å². The molecule has 0 unspecified atom stereocenters. The molecule has 0 spiro atoms. The van der Waals surface area contributed by atoms with Gasteiger partial charge in [0.05, 0.1) is 6.61 Å². The number of H-pyrrole nitrogens is 1. The zero-order valence-electron chi connectivity index (χ0n) is 16.0. The number of hydrogen-bond donors (Lipinski definition) is 1. The highest BCUT2D eigenvalue weighted by molar-refractivity contribution is 5.93. The van der Waals surface area contributed by atoms with Gasteiger partial charge < -0.3 is 19.4 Å². The van der Waals surface area contributed by atoms with Crippen LogP contribution >= 0.6 is 0 Å². The molecule has 0 fully saturated rings. The van der Waals surface area contributed by atoms with Crippen molar-refractivity contribution < 1.29 is 14.3 Å². The Morgan fingerprint density at radius 2 is 1.82 bits per heavy atom. The number of nitrogens with zero attached hydrogens (tertiary/aromatic N) is 1. The molecule has 1 amide bonds. The minimum atomic E-state index is -0.0134. The van der Waals surface area contributed by atoms with Gasteiger partial charge in [-0.3, -0.25) is 4.79 Å². The molecule has 1 aromatic heterocycles. The van der Waals surface area contributed by atoms with Gasteiger partial charge in [0.15, 0.2) is 18.1 Å². The minimum absolute atomic E-state index is 0.0134. The molecule has 0 atom stereocenters. The quantitative estimate of drug-likeness (QED) is 0.699. The van der Waals surface area contributed by atoms with Crippen LogP contribution in [0.5, 0.6) is 11.5 Å². The number of aromatic nitrogens is 1. The molecule has 2 heterocycles. The van der Waals surface area contributed by atoms with Gasteiger partial charge in [-0.25, -0.2) is 0 Å². The van der Waals surface area contributed by atoms with Crippen LogP contribution in [0.4, 0.5) is 0 Å². The molecule has 1 aliphatic rings. The second kappa shape index (κ2) is 8.21. The Labute approximate surface area is 164 Å². The predicted octanol–water partition coefficient (Wildman–Crippen LogP) is 4.26. The maximum Gasteiger partial charge on any atom is 0.260 e. The van der Waals surface area contributed by atoms with Crippen LogP contribution in [0.15, 0.2) is 60.8 Å². The fourth-order valence-corrected chi connectivity index (χ4v) is 3.55. The molecule has 0 saturated carbocycles. The molecule has 2 aromatic carbocycles. The SMILES string of the molecule is CCOc1ccccc1OCC(=O)N1CC=C(c2c[nH]c3ccccc23)CC1. The highest BCUT2D eigenvalue weighted by Crippen LogP contribution is 2.29. The molecular formula is C23H24N2O3. The van der Waals surface area contributed by atoms with E-state index in [-0.39, 0.29) is 12.5 Å². The number of nitrogens with one attached hydrogen (secondary N) is 1. The second-order valence-corrected chi connectivity index (χ2v) is 6.74. The number of ether oxygens (including phenoxy) is 2. The van der Waals surface area contributed by atoms with Gasteiger partial charge in [-0.15, -0.1) is 0 Å². The normalized spacial score (nSPS) is 14.0. The molecular weight excluding hydrogens is 352 g/mol. The summed E-state index contributed by atoms with van der Waals surface area (Å²) in [7, 11) is 0. The molecule has 5 nitrogen and oxygen atoms in total. The summed E-state index contributed by atoms with van der Waals surface area (Å²) in [6.07, 6.45) is 5.04. The summed E-state index contributed by atoms with van der Waals surface area (Å²) in [6, 6.07) is 15.7. The van der Waals surface area contributed by atoms with Crippen molar-refractivity contribution in [1.29, 1.82) is 0 Å². The van der Waals surface area contributed by atoms with Crippen LogP contribution in [0.3, 0.4) is 0 Å². The summed E-state index contributed by atoms with van der Waals surface area (Å²) in [6.45, 7) is 3.79. The van der Waals surface area contributed by atoms with Crippen LogP contribution in [0.25, 0.3) is 16.5 Å². The summed E-state index contributed by atoms with van der Waals surface area (Å²) in [5, 5.41) is 1.23. The number of hydrogen-bond acceptors (Lipinski definition) is 3. The molecule has 5 heteroatoms. The third-order valence-electron chi connectivity index (χ3n) is 5.00. The van der Waals surface area contributed by atoms with E-state index in [1.54, 1.807) is 0 Å². The van der Waals surface area contributed by atoms with Crippen molar-refractivity contribution in [2.45, 2.75) is 13.3 Å². The Balaban J connectivity index is 1.39. The average Bonchev–Trinajstić information content (AvgIpc) is 3.17. The van der Waals surface area contributed by atoms with Gasteiger partial charge in [0.25, 0.3) is 5.91 Å².